The van der Waals surface area contributed by atoms with Crippen molar-refractivity contribution >= 4 is 42.7 Å². The molecule has 0 N–H and O–H groups in total. The summed E-state index contributed by atoms with van der Waals surface area (Å²) in [6.45, 7) is 15.5. The highest BCUT2D eigenvalue weighted by molar-refractivity contribution is 8.04. The monoisotopic (exact) mass is 572 g/mol. The summed E-state index contributed by atoms with van der Waals surface area (Å²) in [5, 5.41) is 1.61. The minimum atomic E-state index is -1.62. The van der Waals surface area contributed by atoms with Crippen LogP contribution in [0.1, 0.15) is 77.3 Å². The summed E-state index contributed by atoms with van der Waals surface area (Å²) in [5.74, 6) is 3.29. The van der Waals surface area contributed by atoms with Crippen LogP contribution in [0.2, 0.25) is 24.2 Å². The van der Waals surface area contributed by atoms with E-state index in [-0.39, 0.29) is 0 Å². The number of hydrogen-bond acceptors (Lipinski definition) is 2. The zero-order valence-corrected chi connectivity index (χ0v) is 27.6. The van der Waals surface area contributed by atoms with Gasteiger partial charge in [-0.15, -0.1) is 23.5 Å². The summed E-state index contributed by atoms with van der Waals surface area (Å²) in [6.07, 6.45) is 7.94. The summed E-state index contributed by atoms with van der Waals surface area (Å²) in [6, 6.07) is 22.9. The first-order valence-electron chi connectivity index (χ1n) is 15.8. The molecule has 2 aromatic carbocycles. The van der Waals surface area contributed by atoms with E-state index in [9.17, 15) is 0 Å². The van der Waals surface area contributed by atoms with Crippen molar-refractivity contribution in [3.05, 3.63) is 81.6 Å². The molecule has 208 valence electrons. The van der Waals surface area contributed by atoms with E-state index in [4.69, 9.17) is 0 Å². The van der Waals surface area contributed by atoms with Gasteiger partial charge in [0, 0.05) is 10.5 Å². The Balaban J connectivity index is 1.35. The van der Waals surface area contributed by atoms with Crippen molar-refractivity contribution in [1.82, 2.24) is 0 Å². The number of rotatable bonds is 8. The van der Waals surface area contributed by atoms with E-state index < -0.39 is 8.07 Å². The Morgan fingerprint density at radius 2 is 1.00 bits per heavy atom. The number of fused-ring (bicyclic) bond motifs is 2. The lowest BCUT2D eigenvalue weighted by Gasteiger charge is -2.45. The van der Waals surface area contributed by atoms with Crippen molar-refractivity contribution in [3.8, 4) is 0 Å². The van der Waals surface area contributed by atoms with Crippen LogP contribution in [0, 0.1) is 23.7 Å². The second kappa shape index (κ2) is 11.3. The summed E-state index contributed by atoms with van der Waals surface area (Å²) in [7, 11) is -1.62. The van der Waals surface area contributed by atoms with E-state index in [1.807, 2.05) is 0 Å². The van der Waals surface area contributed by atoms with E-state index >= 15 is 0 Å². The molecule has 2 heterocycles. The number of allylic oxidation sites excluding steroid dienone is 4. The van der Waals surface area contributed by atoms with Gasteiger partial charge in [0.2, 0.25) is 0 Å². The fraction of sp³-hybridized carbons (Fsp3) is 0.556. The van der Waals surface area contributed by atoms with E-state index in [2.05, 4.69) is 125 Å². The SMILES string of the molecule is CCC1=C(c2ccccc2)C2CC(CC)C([Si](C)(C)C3C(CC)CC4C(c5ccccc5)=C(CC)SC43)C2S1. The predicted molar refractivity (Wildman–Crippen MR) is 179 cm³/mol. The van der Waals surface area contributed by atoms with Crippen molar-refractivity contribution < 1.29 is 0 Å². The Hall–Kier alpha value is -1.16. The molecule has 0 saturated heterocycles. The Morgan fingerprint density at radius 1 is 0.615 bits per heavy atom. The zero-order valence-electron chi connectivity index (χ0n) is 25.0. The smallest absolute Gasteiger partial charge is 0.0564 e. The molecular formula is C36H48S2Si. The Labute approximate surface area is 247 Å². The van der Waals surface area contributed by atoms with Gasteiger partial charge in [-0.3, -0.25) is 0 Å². The number of thioether (sulfide) groups is 2. The van der Waals surface area contributed by atoms with E-state index in [0.717, 1.165) is 45.3 Å². The molecular weight excluding hydrogens is 525 g/mol. The van der Waals surface area contributed by atoms with Gasteiger partial charge in [-0.05, 0) is 92.5 Å². The molecule has 0 radical (unpaired) electrons. The maximum absolute atomic E-state index is 2.86. The maximum Gasteiger partial charge on any atom is 0.0564 e. The van der Waals surface area contributed by atoms with Crippen LogP contribution in [0.25, 0.3) is 11.1 Å². The lowest BCUT2D eigenvalue weighted by molar-refractivity contribution is 0.478. The molecule has 0 amide bonds. The van der Waals surface area contributed by atoms with E-state index in [0.29, 0.717) is 0 Å². The average Bonchev–Trinajstić information content (AvgIpc) is 3.69. The molecule has 6 rings (SSSR count). The Kier molecular flexibility index (Phi) is 8.07. The van der Waals surface area contributed by atoms with Crippen molar-refractivity contribution in [2.24, 2.45) is 23.7 Å². The Morgan fingerprint density at radius 3 is 1.33 bits per heavy atom. The van der Waals surface area contributed by atoms with E-state index in [1.165, 1.54) is 49.7 Å². The third-order valence-corrected chi connectivity index (χ3v) is 20.1. The highest BCUT2D eigenvalue weighted by Gasteiger charge is 2.61. The van der Waals surface area contributed by atoms with Gasteiger partial charge in [0.25, 0.3) is 0 Å². The normalized spacial score (nSPS) is 34.2. The minimum absolute atomic E-state index is 0.756. The summed E-state index contributed by atoms with van der Waals surface area (Å²) in [4.78, 5) is 3.40. The van der Waals surface area contributed by atoms with Gasteiger partial charge in [0.15, 0.2) is 0 Å². The van der Waals surface area contributed by atoms with Crippen molar-refractivity contribution in [3.63, 3.8) is 0 Å². The molecule has 2 aromatic rings. The predicted octanol–water partition coefficient (Wildman–Crippen LogP) is 11.4. The molecule has 3 heteroatoms. The van der Waals surface area contributed by atoms with Crippen LogP contribution in [0.5, 0.6) is 0 Å². The third kappa shape index (κ3) is 4.58. The van der Waals surface area contributed by atoms with Gasteiger partial charge in [0.05, 0.1) is 8.07 Å². The largest absolute Gasteiger partial charge is 0.126 e. The van der Waals surface area contributed by atoms with Gasteiger partial charge >= 0.3 is 0 Å². The van der Waals surface area contributed by atoms with E-state index in [1.54, 1.807) is 21.0 Å². The zero-order chi connectivity index (χ0) is 27.3. The molecule has 0 aromatic heterocycles. The van der Waals surface area contributed by atoms with Crippen LogP contribution in [-0.4, -0.2) is 18.6 Å². The van der Waals surface area contributed by atoms with Crippen LogP contribution in [0.15, 0.2) is 70.5 Å². The second-order valence-corrected chi connectivity index (χ2v) is 20.7. The first-order valence-corrected chi connectivity index (χ1v) is 20.8. The molecule has 2 saturated carbocycles. The first-order chi connectivity index (χ1) is 18.9. The average molecular weight is 573 g/mol. The van der Waals surface area contributed by atoms with Crippen molar-refractivity contribution in [1.29, 1.82) is 0 Å². The van der Waals surface area contributed by atoms with Crippen LogP contribution in [0.4, 0.5) is 0 Å². The lowest BCUT2D eigenvalue weighted by Crippen LogP contribution is -2.47. The standard InChI is InChI=1S/C36H48S2Si/c1-7-23-21-27-31(25-17-13-11-14-18-25)29(9-3)37-33(27)35(23)39(5,6)36-24(8-2)22-28-32(26-19-15-12-16-20-26)30(10-4)38-34(28)36/h11-20,23-24,27-28,33-36H,7-10,21-22H2,1-6H3. The lowest BCUT2D eigenvalue weighted by atomic mass is 9.89. The van der Waals surface area contributed by atoms with Crippen LogP contribution in [0.3, 0.4) is 0 Å². The molecule has 2 aliphatic carbocycles. The van der Waals surface area contributed by atoms with Crippen LogP contribution < -0.4 is 0 Å². The fourth-order valence-corrected chi connectivity index (χ4v) is 21.3. The first kappa shape index (κ1) is 28.0. The summed E-state index contributed by atoms with van der Waals surface area (Å²) >= 11 is 4.66. The minimum Gasteiger partial charge on any atom is -0.126 e. The second-order valence-electron chi connectivity index (χ2n) is 13.2. The molecule has 0 spiro atoms. The van der Waals surface area contributed by atoms with Gasteiger partial charge in [-0.1, -0.05) is 114 Å². The fourth-order valence-electron chi connectivity index (χ4n) is 9.65. The van der Waals surface area contributed by atoms with Crippen LogP contribution in [-0.2, 0) is 0 Å². The maximum atomic E-state index is 2.86. The van der Waals surface area contributed by atoms with Gasteiger partial charge in [-0.25, -0.2) is 0 Å². The quantitative estimate of drug-likeness (QED) is 0.289. The van der Waals surface area contributed by atoms with Gasteiger partial charge in [-0.2, -0.15) is 0 Å². The number of hydrogen-bond donors (Lipinski definition) is 0. The topological polar surface area (TPSA) is 0 Å². The highest BCUT2D eigenvalue weighted by atomic mass is 32.2. The van der Waals surface area contributed by atoms with Gasteiger partial charge < -0.3 is 0 Å². The third-order valence-electron chi connectivity index (χ3n) is 11.1. The molecule has 0 nitrogen and oxygen atoms in total. The molecule has 8 atom stereocenters. The van der Waals surface area contributed by atoms with Crippen molar-refractivity contribution in [2.45, 2.75) is 101 Å². The summed E-state index contributed by atoms with van der Waals surface area (Å²) in [5.41, 5.74) is 8.31. The van der Waals surface area contributed by atoms with Crippen LogP contribution >= 0.6 is 23.5 Å². The molecule has 2 fully saturated rings. The molecule has 2 aliphatic heterocycles. The summed E-state index contributed by atoms with van der Waals surface area (Å²) < 4.78 is 0. The van der Waals surface area contributed by atoms with Crippen molar-refractivity contribution in [2.75, 3.05) is 0 Å². The highest BCUT2D eigenvalue weighted by Crippen LogP contribution is 2.70. The number of benzene rings is 2. The molecule has 39 heavy (non-hydrogen) atoms. The molecule has 0 bridgehead atoms. The molecule has 8 unspecified atom stereocenters. The van der Waals surface area contributed by atoms with Gasteiger partial charge in [0.1, 0.15) is 0 Å². The molecule has 4 aliphatic rings. The Bertz CT molecular complexity index is 1130.